The summed E-state index contributed by atoms with van der Waals surface area (Å²) in [5, 5.41) is 7.68. The molecule has 0 unspecified atom stereocenters. The van der Waals surface area contributed by atoms with Gasteiger partial charge in [-0.25, -0.2) is 4.79 Å². The van der Waals surface area contributed by atoms with Crippen LogP contribution in [0.5, 0.6) is 0 Å². The number of esters is 1. The smallest absolute Gasteiger partial charge is 0.341 e. The van der Waals surface area contributed by atoms with E-state index >= 15 is 0 Å². The normalized spacial score (nSPS) is 11.0. The number of hydrogen-bond acceptors (Lipinski definition) is 6. The van der Waals surface area contributed by atoms with Crippen LogP contribution in [-0.2, 0) is 23.1 Å². The van der Waals surface area contributed by atoms with Crippen LogP contribution in [0.4, 0.5) is 5.00 Å². The maximum Gasteiger partial charge on any atom is 0.341 e. The molecular weight excluding hydrogens is 340 g/mol. The molecule has 1 N–H and O–H groups in total. The number of nitrogens with zero attached hydrogens (tertiary/aromatic N) is 3. The van der Waals surface area contributed by atoms with Gasteiger partial charge in [0.2, 0.25) is 5.91 Å². The molecule has 0 aliphatic heterocycles. The average molecular weight is 364 g/mol. The van der Waals surface area contributed by atoms with Gasteiger partial charge in [-0.05, 0) is 33.4 Å². The van der Waals surface area contributed by atoms with Crippen LogP contribution < -0.4 is 5.32 Å². The number of rotatable bonds is 6. The van der Waals surface area contributed by atoms with Gasteiger partial charge in [0.15, 0.2) is 0 Å². The minimum Gasteiger partial charge on any atom is -0.465 e. The third-order valence-corrected chi connectivity index (χ3v) is 5.12. The minimum atomic E-state index is -0.434. The van der Waals surface area contributed by atoms with E-state index in [2.05, 4.69) is 10.4 Å². The molecule has 2 aromatic heterocycles. The van der Waals surface area contributed by atoms with E-state index in [1.165, 1.54) is 18.4 Å². The van der Waals surface area contributed by atoms with Gasteiger partial charge in [-0.2, -0.15) is 5.10 Å². The van der Waals surface area contributed by atoms with Crippen LogP contribution in [-0.4, -0.2) is 47.3 Å². The summed E-state index contributed by atoms with van der Waals surface area (Å²) in [7, 11) is 5.08. The molecule has 0 aliphatic carbocycles. The molecule has 1 amide bonds. The summed E-state index contributed by atoms with van der Waals surface area (Å²) in [6.07, 6.45) is 1.95. The van der Waals surface area contributed by atoms with Gasteiger partial charge in [-0.3, -0.25) is 14.4 Å². The Bertz CT molecular complexity index is 794. The molecule has 0 atom stereocenters. The number of carbonyl (C=O) groups excluding carboxylic acids is 2. The first-order valence-electron chi connectivity index (χ1n) is 7.88. The Hall–Kier alpha value is -2.19. The summed E-state index contributed by atoms with van der Waals surface area (Å²) in [6, 6.07) is 0. The average Bonchev–Trinajstić information content (AvgIpc) is 2.97. The summed E-state index contributed by atoms with van der Waals surface area (Å²) >= 11 is 1.39. The van der Waals surface area contributed by atoms with Gasteiger partial charge in [-0.1, -0.05) is 0 Å². The Morgan fingerprint density at radius 1 is 1.36 bits per heavy atom. The first kappa shape index (κ1) is 19.1. The van der Waals surface area contributed by atoms with Crippen molar-refractivity contribution in [1.29, 1.82) is 0 Å². The van der Waals surface area contributed by atoms with Crippen molar-refractivity contribution in [3.8, 4) is 0 Å². The topological polar surface area (TPSA) is 76.5 Å². The summed E-state index contributed by atoms with van der Waals surface area (Å²) in [4.78, 5) is 27.2. The number of likely N-dealkylation sites (N-methyl/N-ethyl adjacent to an activating group) is 1. The highest BCUT2D eigenvalue weighted by Gasteiger charge is 2.22. The van der Waals surface area contributed by atoms with E-state index in [-0.39, 0.29) is 12.5 Å². The monoisotopic (exact) mass is 364 g/mol. The Morgan fingerprint density at radius 2 is 2.04 bits per heavy atom. The molecule has 0 spiro atoms. The minimum absolute atomic E-state index is 0.171. The maximum absolute atomic E-state index is 12.4. The van der Waals surface area contributed by atoms with E-state index in [1.807, 2.05) is 46.0 Å². The molecular formula is C17H24N4O3S. The number of amides is 1. The van der Waals surface area contributed by atoms with Gasteiger partial charge in [0.1, 0.15) is 5.00 Å². The van der Waals surface area contributed by atoms with Gasteiger partial charge in [-0.15, -0.1) is 11.3 Å². The lowest BCUT2D eigenvalue weighted by Gasteiger charge is -2.15. The number of ether oxygens (including phenoxy) is 1. The summed E-state index contributed by atoms with van der Waals surface area (Å²) < 4.78 is 6.59. The van der Waals surface area contributed by atoms with Crippen molar-refractivity contribution in [2.75, 3.05) is 26.0 Å². The molecule has 0 bridgehead atoms. The van der Waals surface area contributed by atoms with Crippen LogP contribution in [0.15, 0.2) is 6.20 Å². The predicted molar refractivity (Wildman–Crippen MR) is 98.0 cm³/mol. The molecule has 7 nitrogen and oxygen atoms in total. The van der Waals surface area contributed by atoms with Crippen molar-refractivity contribution in [3.05, 3.63) is 33.5 Å². The first-order chi connectivity index (χ1) is 11.7. The molecule has 0 radical (unpaired) electrons. The lowest BCUT2D eigenvalue weighted by atomic mass is 10.1. The maximum atomic E-state index is 12.4. The predicted octanol–water partition coefficient (Wildman–Crippen LogP) is 2.26. The number of aryl methyl sites for hydroxylation is 3. The second kappa shape index (κ2) is 7.79. The van der Waals surface area contributed by atoms with Crippen molar-refractivity contribution in [2.45, 2.75) is 27.3 Å². The van der Waals surface area contributed by atoms with Crippen LogP contribution in [0, 0.1) is 20.8 Å². The molecule has 2 rings (SSSR count). The standard InChI is InChI=1S/C17H24N4O3S/c1-10-12(3)25-16(15(10)17(23)24-6)18-14(22)9-20(4)7-13-8-21(5)19-11(13)2/h8H,7,9H2,1-6H3,(H,18,22). The van der Waals surface area contributed by atoms with Crippen molar-refractivity contribution >= 4 is 28.2 Å². The van der Waals surface area contributed by atoms with Crippen molar-refractivity contribution < 1.29 is 14.3 Å². The van der Waals surface area contributed by atoms with Gasteiger partial charge in [0, 0.05) is 30.2 Å². The van der Waals surface area contributed by atoms with Crippen LogP contribution >= 0.6 is 11.3 Å². The molecule has 136 valence electrons. The molecule has 0 saturated heterocycles. The Morgan fingerprint density at radius 3 is 2.60 bits per heavy atom. The SMILES string of the molecule is COC(=O)c1c(NC(=O)CN(C)Cc2cn(C)nc2C)sc(C)c1C. The third-order valence-electron chi connectivity index (χ3n) is 4.00. The number of nitrogens with one attached hydrogen (secondary N) is 1. The van der Waals surface area contributed by atoms with Gasteiger partial charge in [0.05, 0.1) is 24.9 Å². The molecule has 8 heteroatoms. The van der Waals surface area contributed by atoms with Crippen LogP contribution in [0.3, 0.4) is 0 Å². The highest BCUT2D eigenvalue weighted by molar-refractivity contribution is 7.16. The van der Waals surface area contributed by atoms with E-state index in [4.69, 9.17) is 4.74 Å². The highest BCUT2D eigenvalue weighted by Crippen LogP contribution is 2.32. The van der Waals surface area contributed by atoms with Gasteiger partial charge in [0.25, 0.3) is 0 Å². The molecule has 0 aromatic carbocycles. The lowest BCUT2D eigenvalue weighted by molar-refractivity contribution is -0.117. The van der Waals surface area contributed by atoms with Gasteiger partial charge >= 0.3 is 5.97 Å². The number of thiophene rings is 1. The number of aromatic nitrogens is 2. The van der Waals surface area contributed by atoms with Crippen LogP contribution in [0.1, 0.15) is 32.1 Å². The molecule has 0 aliphatic rings. The van der Waals surface area contributed by atoms with E-state index in [1.54, 1.807) is 4.68 Å². The fourth-order valence-electron chi connectivity index (χ4n) is 2.62. The first-order valence-corrected chi connectivity index (χ1v) is 8.70. The molecule has 0 fully saturated rings. The molecule has 2 aromatic rings. The van der Waals surface area contributed by atoms with Crippen LogP contribution in [0.25, 0.3) is 0 Å². The zero-order valence-corrected chi connectivity index (χ0v) is 16.3. The van der Waals surface area contributed by atoms with Crippen LogP contribution in [0.2, 0.25) is 0 Å². The zero-order chi connectivity index (χ0) is 18.7. The van der Waals surface area contributed by atoms with E-state index in [9.17, 15) is 9.59 Å². The van der Waals surface area contributed by atoms with Crippen molar-refractivity contribution in [3.63, 3.8) is 0 Å². The quantitative estimate of drug-likeness (QED) is 0.796. The summed E-state index contributed by atoms with van der Waals surface area (Å²) in [5.41, 5.74) is 3.30. The summed E-state index contributed by atoms with van der Waals surface area (Å²) in [5.74, 6) is -0.605. The van der Waals surface area contributed by atoms with Gasteiger partial charge < -0.3 is 10.1 Å². The zero-order valence-electron chi connectivity index (χ0n) is 15.5. The Labute approximate surface area is 151 Å². The molecule has 0 saturated carbocycles. The van der Waals surface area contributed by atoms with Crippen molar-refractivity contribution in [1.82, 2.24) is 14.7 Å². The number of hydrogen-bond donors (Lipinski definition) is 1. The fraction of sp³-hybridized carbons (Fsp3) is 0.471. The number of anilines is 1. The van der Waals surface area contributed by atoms with E-state index < -0.39 is 5.97 Å². The largest absolute Gasteiger partial charge is 0.465 e. The second-order valence-electron chi connectivity index (χ2n) is 6.11. The number of carbonyl (C=O) groups is 2. The fourth-order valence-corrected chi connectivity index (χ4v) is 3.69. The molecule has 25 heavy (non-hydrogen) atoms. The lowest BCUT2D eigenvalue weighted by Crippen LogP contribution is -2.30. The Balaban J connectivity index is 2.04. The van der Waals surface area contributed by atoms with E-state index in [0.717, 1.165) is 21.7 Å². The number of methoxy groups -OCH3 is 1. The molecule has 2 heterocycles. The third kappa shape index (κ3) is 4.46. The second-order valence-corrected chi connectivity index (χ2v) is 7.34. The van der Waals surface area contributed by atoms with Crippen molar-refractivity contribution in [2.24, 2.45) is 7.05 Å². The summed E-state index contributed by atoms with van der Waals surface area (Å²) in [6.45, 7) is 6.55. The highest BCUT2D eigenvalue weighted by atomic mass is 32.1. The Kier molecular flexibility index (Phi) is 5.97. The van der Waals surface area contributed by atoms with E-state index in [0.29, 0.717) is 17.1 Å².